The molecular weight excluding hydrogens is 126 g/mol. The summed E-state index contributed by atoms with van der Waals surface area (Å²) in [5, 5.41) is 0. The van der Waals surface area contributed by atoms with Gasteiger partial charge < -0.3 is 9.64 Å². The molecule has 0 fully saturated rings. The highest BCUT2D eigenvalue weighted by atomic mass is 16.5. The van der Waals surface area contributed by atoms with Crippen LogP contribution in [-0.4, -0.2) is 38.8 Å². The summed E-state index contributed by atoms with van der Waals surface area (Å²) in [4.78, 5) is 2.10. The molecular formula is C8H17NO. The second kappa shape index (κ2) is 5.45. The van der Waals surface area contributed by atoms with Crippen LogP contribution in [0.3, 0.4) is 0 Å². The molecule has 0 aliphatic rings. The van der Waals surface area contributed by atoms with E-state index in [9.17, 15) is 0 Å². The first kappa shape index (κ1) is 9.66. The molecule has 2 heteroatoms. The van der Waals surface area contributed by atoms with Crippen molar-refractivity contribution in [1.82, 2.24) is 4.90 Å². The molecule has 0 bridgehead atoms. The molecule has 0 aliphatic heterocycles. The zero-order valence-electron chi connectivity index (χ0n) is 7.18. The van der Waals surface area contributed by atoms with E-state index < -0.39 is 0 Å². The fourth-order valence-electron chi connectivity index (χ4n) is 0.494. The highest BCUT2D eigenvalue weighted by Crippen LogP contribution is 1.87. The lowest BCUT2D eigenvalue weighted by molar-refractivity contribution is 0.137. The molecule has 0 aromatic heterocycles. The average molecular weight is 143 g/mol. The monoisotopic (exact) mass is 143 g/mol. The molecule has 0 rings (SSSR count). The van der Waals surface area contributed by atoms with E-state index in [1.165, 1.54) is 0 Å². The first-order valence-electron chi connectivity index (χ1n) is 3.50. The molecule has 0 saturated heterocycles. The van der Waals surface area contributed by atoms with E-state index in [0.717, 1.165) is 18.7 Å². The number of ether oxygens (including phenoxy) is 1. The molecule has 0 heterocycles. The van der Waals surface area contributed by atoms with Crippen LogP contribution in [0.2, 0.25) is 0 Å². The Morgan fingerprint density at radius 2 is 2.10 bits per heavy atom. The van der Waals surface area contributed by atoms with Crippen LogP contribution in [0.4, 0.5) is 0 Å². The van der Waals surface area contributed by atoms with Crippen molar-refractivity contribution in [2.75, 3.05) is 33.9 Å². The zero-order chi connectivity index (χ0) is 7.98. The average Bonchev–Trinajstić information content (AvgIpc) is 1.79. The summed E-state index contributed by atoms with van der Waals surface area (Å²) < 4.78 is 5.26. The maximum atomic E-state index is 5.26. The summed E-state index contributed by atoms with van der Waals surface area (Å²) >= 11 is 0. The van der Waals surface area contributed by atoms with Gasteiger partial charge in [0.25, 0.3) is 0 Å². The minimum absolute atomic E-state index is 0.688. The van der Waals surface area contributed by atoms with Crippen molar-refractivity contribution in [3.05, 3.63) is 12.2 Å². The van der Waals surface area contributed by atoms with Crippen molar-refractivity contribution >= 4 is 0 Å². The lowest BCUT2D eigenvalue weighted by atomic mass is 10.4. The molecule has 60 valence electrons. The first-order valence-corrected chi connectivity index (χ1v) is 3.50. The summed E-state index contributed by atoms with van der Waals surface area (Å²) in [6.45, 7) is 8.16. The van der Waals surface area contributed by atoms with Crippen LogP contribution in [0.25, 0.3) is 0 Å². The van der Waals surface area contributed by atoms with Crippen LogP contribution in [0.1, 0.15) is 6.92 Å². The summed E-state index contributed by atoms with van der Waals surface area (Å²) in [6.07, 6.45) is 0. The molecule has 0 N–H and O–H groups in total. The third-order valence-electron chi connectivity index (χ3n) is 1.03. The van der Waals surface area contributed by atoms with Crippen LogP contribution in [0, 0.1) is 0 Å². The van der Waals surface area contributed by atoms with Crippen LogP contribution >= 0.6 is 0 Å². The van der Waals surface area contributed by atoms with E-state index in [2.05, 4.69) is 11.5 Å². The highest BCUT2D eigenvalue weighted by molar-refractivity contribution is 4.87. The van der Waals surface area contributed by atoms with Gasteiger partial charge in [0, 0.05) is 6.54 Å². The molecule has 0 atom stereocenters. The van der Waals surface area contributed by atoms with Gasteiger partial charge in [0.05, 0.1) is 13.2 Å². The Kier molecular flexibility index (Phi) is 5.26. The fraction of sp³-hybridized carbons (Fsp3) is 0.750. The minimum atomic E-state index is 0.688. The Bertz CT molecular complexity index is 99.4. The van der Waals surface area contributed by atoms with E-state index >= 15 is 0 Å². The van der Waals surface area contributed by atoms with Crippen LogP contribution in [0.5, 0.6) is 0 Å². The third-order valence-corrected chi connectivity index (χ3v) is 1.03. The first-order chi connectivity index (χ1) is 4.63. The molecule has 2 nitrogen and oxygen atoms in total. The molecule has 0 amide bonds. The smallest absolute Gasteiger partial charge is 0.0672 e. The van der Waals surface area contributed by atoms with E-state index in [0.29, 0.717) is 6.61 Å². The number of hydrogen-bond acceptors (Lipinski definition) is 2. The van der Waals surface area contributed by atoms with Crippen LogP contribution in [0.15, 0.2) is 12.2 Å². The van der Waals surface area contributed by atoms with Crippen molar-refractivity contribution in [1.29, 1.82) is 0 Å². The van der Waals surface area contributed by atoms with Crippen LogP contribution in [-0.2, 0) is 4.74 Å². The van der Waals surface area contributed by atoms with E-state index in [1.807, 2.05) is 21.0 Å². The lowest BCUT2D eigenvalue weighted by Crippen LogP contribution is -2.18. The maximum Gasteiger partial charge on any atom is 0.0672 e. The molecule has 0 aromatic carbocycles. The molecule has 0 aromatic rings. The van der Waals surface area contributed by atoms with Gasteiger partial charge in [-0.05, 0) is 21.0 Å². The Hall–Kier alpha value is -0.340. The topological polar surface area (TPSA) is 12.5 Å². The second-order valence-corrected chi connectivity index (χ2v) is 2.81. The van der Waals surface area contributed by atoms with Gasteiger partial charge in [-0.15, -0.1) is 0 Å². The zero-order valence-corrected chi connectivity index (χ0v) is 7.18. The third kappa shape index (κ3) is 7.66. The summed E-state index contributed by atoms with van der Waals surface area (Å²) in [6, 6.07) is 0. The lowest BCUT2D eigenvalue weighted by Gasteiger charge is -2.09. The van der Waals surface area contributed by atoms with Gasteiger partial charge in [0.15, 0.2) is 0 Å². The molecule has 0 unspecified atom stereocenters. The van der Waals surface area contributed by atoms with Gasteiger partial charge >= 0.3 is 0 Å². The molecule has 0 spiro atoms. The Morgan fingerprint density at radius 3 is 2.50 bits per heavy atom. The van der Waals surface area contributed by atoms with E-state index in [4.69, 9.17) is 4.74 Å². The number of rotatable bonds is 5. The van der Waals surface area contributed by atoms with Crippen molar-refractivity contribution in [3.8, 4) is 0 Å². The van der Waals surface area contributed by atoms with Gasteiger partial charge in [-0.1, -0.05) is 12.2 Å². The number of nitrogens with zero attached hydrogens (tertiary/aromatic N) is 1. The summed E-state index contributed by atoms with van der Waals surface area (Å²) in [5.74, 6) is 0. The minimum Gasteiger partial charge on any atom is -0.376 e. The second-order valence-electron chi connectivity index (χ2n) is 2.81. The Morgan fingerprint density at radius 1 is 1.50 bits per heavy atom. The SMILES string of the molecule is C=C(C)COCCN(C)C. The number of likely N-dealkylation sites (N-methyl/N-ethyl adjacent to an activating group) is 1. The van der Waals surface area contributed by atoms with Gasteiger partial charge in [-0.2, -0.15) is 0 Å². The maximum absolute atomic E-state index is 5.26. The van der Waals surface area contributed by atoms with Crippen molar-refractivity contribution < 1.29 is 4.74 Å². The largest absolute Gasteiger partial charge is 0.376 e. The van der Waals surface area contributed by atoms with E-state index in [-0.39, 0.29) is 0 Å². The van der Waals surface area contributed by atoms with Crippen molar-refractivity contribution in [3.63, 3.8) is 0 Å². The normalized spacial score (nSPS) is 10.4. The molecule has 0 radical (unpaired) electrons. The molecule has 10 heavy (non-hydrogen) atoms. The van der Waals surface area contributed by atoms with Gasteiger partial charge in [0.1, 0.15) is 0 Å². The van der Waals surface area contributed by atoms with Crippen molar-refractivity contribution in [2.45, 2.75) is 6.92 Å². The quantitative estimate of drug-likeness (QED) is 0.422. The predicted molar refractivity (Wildman–Crippen MR) is 44.2 cm³/mol. The fourth-order valence-corrected chi connectivity index (χ4v) is 0.494. The highest BCUT2D eigenvalue weighted by Gasteiger charge is 1.89. The standard InChI is InChI=1S/C8H17NO/c1-8(2)7-10-6-5-9(3)4/h1,5-7H2,2-4H3. The predicted octanol–water partition coefficient (Wildman–Crippen LogP) is 1.14. The van der Waals surface area contributed by atoms with Crippen molar-refractivity contribution in [2.24, 2.45) is 0 Å². The van der Waals surface area contributed by atoms with Gasteiger partial charge in [-0.3, -0.25) is 0 Å². The summed E-state index contributed by atoms with van der Waals surface area (Å²) in [7, 11) is 4.06. The molecule has 0 aliphatic carbocycles. The van der Waals surface area contributed by atoms with Crippen LogP contribution < -0.4 is 0 Å². The Balaban J connectivity index is 2.98. The van der Waals surface area contributed by atoms with E-state index in [1.54, 1.807) is 0 Å². The molecule has 0 saturated carbocycles. The van der Waals surface area contributed by atoms with Gasteiger partial charge in [-0.25, -0.2) is 0 Å². The summed E-state index contributed by atoms with van der Waals surface area (Å²) in [5.41, 5.74) is 1.08. The Labute approximate surface area is 63.5 Å². The number of hydrogen-bond donors (Lipinski definition) is 0. The van der Waals surface area contributed by atoms with Gasteiger partial charge in [0.2, 0.25) is 0 Å².